The van der Waals surface area contributed by atoms with Crippen molar-refractivity contribution in [2.24, 2.45) is 17.3 Å². The van der Waals surface area contributed by atoms with Crippen molar-refractivity contribution in [1.82, 2.24) is 10.6 Å². The van der Waals surface area contributed by atoms with Gasteiger partial charge in [0, 0.05) is 13.1 Å². The average molecular weight is 294 g/mol. The molecule has 3 atom stereocenters. The molecule has 2 N–H and O–H groups in total. The van der Waals surface area contributed by atoms with Crippen LogP contribution in [0.4, 0.5) is 0 Å². The number of carbonyl (C=O) groups excluding carboxylic acids is 1. The fourth-order valence-electron chi connectivity index (χ4n) is 4.37. The van der Waals surface area contributed by atoms with E-state index in [4.69, 9.17) is 0 Å². The van der Waals surface area contributed by atoms with E-state index in [0.717, 1.165) is 57.2 Å². The molecular formula is C18H34N2O. The zero-order chi connectivity index (χ0) is 15.1. The highest BCUT2D eigenvalue weighted by Gasteiger charge is 2.38. The molecule has 0 spiro atoms. The van der Waals surface area contributed by atoms with E-state index in [1.165, 1.54) is 32.1 Å². The summed E-state index contributed by atoms with van der Waals surface area (Å²) < 4.78 is 0. The molecule has 3 unspecified atom stereocenters. The Morgan fingerprint density at radius 3 is 2.86 bits per heavy atom. The summed E-state index contributed by atoms with van der Waals surface area (Å²) in [6.07, 6.45) is 11.0. The van der Waals surface area contributed by atoms with E-state index in [2.05, 4.69) is 24.5 Å². The van der Waals surface area contributed by atoms with Crippen molar-refractivity contribution < 1.29 is 4.79 Å². The number of carbonyl (C=O) groups is 1. The normalized spacial score (nSPS) is 33.6. The van der Waals surface area contributed by atoms with Gasteiger partial charge in [0.05, 0.1) is 5.41 Å². The average Bonchev–Trinajstić information content (AvgIpc) is 2.48. The van der Waals surface area contributed by atoms with Gasteiger partial charge in [0.15, 0.2) is 0 Å². The number of nitrogens with one attached hydrogen (secondary N) is 2. The summed E-state index contributed by atoms with van der Waals surface area (Å²) >= 11 is 0. The number of piperidine rings is 1. The fraction of sp³-hybridized carbons (Fsp3) is 0.944. The Morgan fingerprint density at radius 2 is 2.19 bits per heavy atom. The predicted molar refractivity (Wildman–Crippen MR) is 88.2 cm³/mol. The van der Waals surface area contributed by atoms with Crippen LogP contribution < -0.4 is 10.6 Å². The first-order valence-corrected chi connectivity index (χ1v) is 9.15. The maximum Gasteiger partial charge on any atom is 0.227 e. The SMILES string of the molecule is CCCC1(C(=O)NCCC2CCCC(C)C2)CCCNC1. The highest BCUT2D eigenvalue weighted by Crippen LogP contribution is 2.33. The van der Waals surface area contributed by atoms with Crippen LogP contribution in [0.5, 0.6) is 0 Å². The van der Waals surface area contributed by atoms with Gasteiger partial charge in [-0.1, -0.05) is 39.5 Å². The molecule has 1 aliphatic heterocycles. The molecule has 2 aliphatic rings. The zero-order valence-electron chi connectivity index (χ0n) is 14.0. The van der Waals surface area contributed by atoms with Crippen molar-refractivity contribution in [1.29, 1.82) is 0 Å². The van der Waals surface area contributed by atoms with Crippen LogP contribution in [0.25, 0.3) is 0 Å². The molecule has 21 heavy (non-hydrogen) atoms. The Hall–Kier alpha value is -0.570. The molecule has 0 radical (unpaired) electrons. The Morgan fingerprint density at radius 1 is 1.33 bits per heavy atom. The van der Waals surface area contributed by atoms with Gasteiger partial charge in [0.1, 0.15) is 0 Å². The van der Waals surface area contributed by atoms with Crippen molar-refractivity contribution in [3.8, 4) is 0 Å². The second-order valence-electron chi connectivity index (χ2n) is 7.49. The standard InChI is InChI=1S/C18H34N2O/c1-3-9-18(10-5-11-19-14-18)17(21)20-12-8-16-7-4-6-15(2)13-16/h15-16,19H,3-14H2,1-2H3,(H,20,21). The highest BCUT2D eigenvalue weighted by atomic mass is 16.2. The van der Waals surface area contributed by atoms with Crippen molar-refractivity contribution in [3.63, 3.8) is 0 Å². The second-order valence-corrected chi connectivity index (χ2v) is 7.49. The third-order valence-corrected chi connectivity index (χ3v) is 5.57. The Bertz CT molecular complexity index is 318. The molecule has 1 amide bonds. The summed E-state index contributed by atoms with van der Waals surface area (Å²) in [4.78, 5) is 12.7. The minimum Gasteiger partial charge on any atom is -0.356 e. The summed E-state index contributed by atoms with van der Waals surface area (Å²) in [7, 11) is 0. The van der Waals surface area contributed by atoms with E-state index in [1.807, 2.05) is 0 Å². The summed E-state index contributed by atoms with van der Waals surface area (Å²) in [5.74, 6) is 2.02. The molecule has 0 aromatic rings. The van der Waals surface area contributed by atoms with Gasteiger partial charge in [-0.15, -0.1) is 0 Å². The lowest BCUT2D eigenvalue weighted by atomic mass is 9.76. The molecule has 1 heterocycles. The third-order valence-electron chi connectivity index (χ3n) is 5.57. The molecule has 1 aliphatic carbocycles. The number of hydrogen-bond acceptors (Lipinski definition) is 2. The van der Waals surface area contributed by atoms with Crippen LogP contribution in [0.2, 0.25) is 0 Å². The Labute approximate surface area is 130 Å². The molecule has 0 aromatic heterocycles. The van der Waals surface area contributed by atoms with Crippen molar-refractivity contribution in [2.75, 3.05) is 19.6 Å². The van der Waals surface area contributed by atoms with Gasteiger partial charge in [-0.25, -0.2) is 0 Å². The van der Waals surface area contributed by atoms with Crippen LogP contribution in [0.3, 0.4) is 0 Å². The highest BCUT2D eigenvalue weighted by molar-refractivity contribution is 5.83. The minimum atomic E-state index is -0.132. The van der Waals surface area contributed by atoms with Crippen LogP contribution in [-0.2, 0) is 4.79 Å². The molecule has 0 bridgehead atoms. The molecule has 2 rings (SSSR count). The predicted octanol–water partition coefficient (Wildman–Crippen LogP) is 3.49. The van der Waals surface area contributed by atoms with Gasteiger partial charge < -0.3 is 10.6 Å². The second kappa shape index (κ2) is 8.17. The largest absolute Gasteiger partial charge is 0.356 e. The zero-order valence-corrected chi connectivity index (χ0v) is 14.0. The molecule has 1 saturated carbocycles. The van der Waals surface area contributed by atoms with Crippen LogP contribution in [0.1, 0.15) is 71.6 Å². The van der Waals surface area contributed by atoms with E-state index in [1.54, 1.807) is 0 Å². The summed E-state index contributed by atoms with van der Waals surface area (Å²) in [6.45, 7) is 7.37. The van der Waals surface area contributed by atoms with Crippen LogP contribution in [0, 0.1) is 17.3 Å². The molecular weight excluding hydrogens is 260 g/mol. The van der Waals surface area contributed by atoms with E-state index < -0.39 is 0 Å². The Kier molecular flexibility index (Phi) is 6.53. The third kappa shape index (κ3) is 4.70. The lowest BCUT2D eigenvalue weighted by Gasteiger charge is -2.36. The minimum absolute atomic E-state index is 0.132. The van der Waals surface area contributed by atoms with Crippen molar-refractivity contribution in [2.45, 2.75) is 71.6 Å². The van der Waals surface area contributed by atoms with Gasteiger partial charge in [0.25, 0.3) is 0 Å². The number of hydrogen-bond donors (Lipinski definition) is 2. The molecule has 1 saturated heterocycles. The summed E-state index contributed by atoms with van der Waals surface area (Å²) in [5.41, 5.74) is -0.132. The molecule has 0 aromatic carbocycles. The molecule has 2 fully saturated rings. The maximum absolute atomic E-state index is 12.7. The van der Waals surface area contributed by atoms with Crippen molar-refractivity contribution >= 4 is 5.91 Å². The fourth-order valence-corrected chi connectivity index (χ4v) is 4.37. The number of amides is 1. The lowest BCUT2D eigenvalue weighted by molar-refractivity contribution is -0.132. The Balaban J connectivity index is 1.76. The van der Waals surface area contributed by atoms with Crippen LogP contribution in [-0.4, -0.2) is 25.5 Å². The first-order chi connectivity index (χ1) is 10.2. The smallest absolute Gasteiger partial charge is 0.227 e. The van der Waals surface area contributed by atoms with E-state index >= 15 is 0 Å². The molecule has 3 heteroatoms. The lowest BCUT2D eigenvalue weighted by Crippen LogP contribution is -2.50. The summed E-state index contributed by atoms with van der Waals surface area (Å²) in [5, 5.41) is 6.69. The summed E-state index contributed by atoms with van der Waals surface area (Å²) in [6, 6.07) is 0. The van der Waals surface area contributed by atoms with Gasteiger partial charge in [-0.3, -0.25) is 4.79 Å². The van der Waals surface area contributed by atoms with Gasteiger partial charge >= 0.3 is 0 Å². The first kappa shape index (κ1) is 16.8. The van der Waals surface area contributed by atoms with Gasteiger partial charge in [-0.05, 0) is 50.5 Å². The number of rotatable bonds is 6. The van der Waals surface area contributed by atoms with E-state index in [0.29, 0.717) is 5.91 Å². The van der Waals surface area contributed by atoms with Crippen molar-refractivity contribution in [3.05, 3.63) is 0 Å². The monoisotopic (exact) mass is 294 g/mol. The molecule has 3 nitrogen and oxygen atoms in total. The van der Waals surface area contributed by atoms with Gasteiger partial charge in [-0.2, -0.15) is 0 Å². The molecule has 122 valence electrons. The maximum atomic E-state index is 12.7. The van der Waals surface area contributed by atoms with Crippen LogP contribution >= 0.6 is 0 Å². The first-order valence-electron chi connectivity index (χ1n) is 9.15. The topological polar surface area (TPSA) is 41.1 Å². The van der Waals surface area contributed by atoms with E-state index in [9.17, 15) is 4.79 Å². The van der Waals surface area contributed by atoms with Crippen LogP contribution in [0.15, 0.2) is 0 Å². The van der Waals surface area contributed by atoms with Gasteiger partial charge in [0.2, 0.25) is 5.91 Å². The quantitative estimate of drug-likeness (QED) is 0.787. The van der Waals surface area contributed by atoms with E-state index in [-0.39, 0.29) is 5.41 Å².